The van der Waals surface area contributed by atoms with Gasteiger partial charge >= 0.3 is 0 Å². The van der Waals surface area contributed by atoms with Crippen LogP contribution in [-0.2, 0) is 0 Å². The van der Waals surface area contributed by atoms with Crippen LogP contribution in [0.25, 0.3) is 0 Å². The predicted molar refractivity (Wildman–Crippen MR) is 49.5 cm³/mol. The summed E-state index contributed by atoms with van der Waals surface area (Å²) in [5, 5.41) is 0. The van der Waals surface area contributed by atoms with E-state index in [1.54, 1.807) is 0 Å². The Kier molecular flexibility index (Phi) is 3.38. The van der Waals surface area contributed by atoms with Gasteiger partial charge in [-0.3, -0.25) is 0 Å². The van der Waals surface area contributed by atoms with E-state index in [0.717, 1.165) is 0 Å². The summed E-state index contributed by atoms with van der Waals surface area (Å²) in [5.41, 5.74) is 0. The SMILES string of the molecule is CCC[N+]1(CCC)CCCC1. The number of hydrogen-bond donors (Lipinski definition) is 0. The number of hydrogen-bond acceptors (Lipinski definition) is 0. The molecule has 0 aliphatic carbocycles. The van der Waals surface area contributed by atoms with Crippen LogP contribution in [0.4, 0.5) is 0 Å². The van der Waals surface area contributed by atoms with E-state index >= 15 is 0 Å². The van der Waals surface area contributed by atoms with Gasteiger partial charge in [-0.25, -0.2) is 0 Å². The molecular weight excluding hydrogens is 134 g/mol. The zero-order valence-corrected chi connectivity index (χ0v) is 8.10. The van der Waals surface area contributed by atoms with Crippen molar-refractivity contribution >= 4 is 0 Å². The average molecular weight is 156 g/mol. The van der Waals surface area contributed by atoms with E-state index in [1.165, 1.54) is 56.3 Å². The third-order valence-corrected chi connectivity index (χ3v) is 2.91. The number of quaternary nitrogens is 1. The molecule has 0 saturated carbocycles. The standard InChI is InChI=1S/C10H22N/c1-3-7-11(8-4-2)9-5-6-10-11/h3-10H2,1-2H3/q+1. The molecule has 0 N–H and O–H groups in total. The molecule has 66 valence electrons. The summed E-state index contributed by atoms with van der Waals surface area (Å²) >= 11 is 0. The lowest BCUT2D eigenvalue weighted by atomic mass is 10.3. The molecule has 1 rings (SSSR count). The van der Waals surface area contributed by atoms with Crippen molar-refractivity contribution in [3.63, 3.8) is 0 Å². The molecule has 1 heterocycles. The maximum absolute atomic E-state index is 2.31. The van der Waals surface area contributed by atoms with Crippen molar-refractivity contribution in [2.45, 2.75) is 39.5 Å². The highest BCUT2D eigenvalue weighted by Crippen LogP contribution is 2.20. The van der Waals surface area contributed by atoms with Crippen molar-refractivity contribution in [3.05, 3.63) is 0 Å². The molecule has 1 heteroatoms. The van der Waals surface area contributed by atoms with E-state index < -0.39 is 0 Å². The van der Waals surface area contributed by atoms with Gasteiger partial charge in [0.15, 0.2) is 0 Å². The van der Waals surface area contributed by atoms with E-state index in [0.29, 0.717) is 0 Å². The first-order valence-corrected chi connectivity index (χ1v) is 5.18. The van der Waals surface area contributed by atoms with Gasteiger partial charge in [0.25, 0.3) is 0 Å². The minimum absolute atomic E-state index is 1.36. The molecule has 1 saturated heterocycles. The van der Waals surface area contributed by atoms with Gasteiger partial charge in [-0.2, -0.15) is 0 Å². The van der Waals surface area contributed by atoms with Crippen molar-refractivity contribution in [1.82, 2.24) is 0 Å². The van der Waals surface area contributed by atoms with E-state index in [9.17, 15) is 0 Å². The van der Waals surface area contributed by atoms with Crippen molar-refractivity contribution in [2.75, 3.05) is 26.2 Å². The van der Waals surface area contributed by atoms with E-state index in [4.69, 9.17) is 0 Å². The van der Waals surface area contributed by atoms with E-state index in [-0.39, 0.29) is 0 Å². The van der Waals surface area contributed by atoms with Gasteiger partial charge < -0.3 is 4.48 Å². The third kappa shape index (κ3) is 2.19. The van der Waals surface area contributed by atoms with E-state index in [1.807, 2.05) is 0 Å². The molecule has 0 aromatic rings. The van der Waals surface area contributed by atoms with Crippen LogP contribution in [0.5, 0.6) is 0 Å². The fraction of sp³-hybridized carbons (Fsp3) is 1.00. The second-order valence-corrected chi connectivity index (χ2v) is 3.94. The smallest absolute Gasteiger partial charge is 0.0788 e. The van der Waals surface area contributed by atoms with Crippen LogP contribution in [0.1, 0.15) is 39.5 Å². The molecular formula is C10H22N+. The molecule has 0 aromatic carbocycles. The highest BCUT2D eigenvalue weighted by atomic mass is 15.4. The van der Waals surface area contributed by atoms with Gasteiger partial charge in [0.05, 0.1) is 26.2 Å². The van der Waals surface area contributed by atoms with Gasteiger partial charge in [-0.05, 0) is 12.8 Å². The van der Waals surface area contributed by atoms with Gasteiger partial charge in [-0.15, -0.1) is 0 Å². The van der Waals surface area contributed by atoms with Crippen molar-refractivity contribution in [2.24, 2.45) is 0 Å². The number of nitrogens with zero attached hydrogens (tertiary/aromatic N) is 1. The molecule has 0 radical (unpaired) electrons. The third-order valence-electron chi connectivity index (χ3n) is 2.91. The lowest BCUT2D eigenvalue weighted by Gasteiger charge is -2.33. The fourth-order valence-corrected chi connectivity index (χ4v) is 2.51. The first-order chi connectivity index (χ1) is 5.33. The van der Waals surface area contributed by atoms with Crippen molar-refractivity contribution < 1.29 is 4.48 Å². The molecule has 11 heavy (non-hydrogen) atoms. The highest BCUT2D eigenvalue weighted by molar-refractivity contribution is 4.54. The lowest BCUT2D eigenvalue weighted by molar-refractivity contribution is -0.916. The van der Waals surface area contributed by atoms with Gasteiger partial charge in [0, 0.05) is 12.8 Å². The number of likely N-dealkylation sites (tertiary alicyclic amines) is 1. The minimum atomic E-state index is 1.36. The molecule has 0 unspecified atom stereocenters. The summed E-state index contributed by atoms with van der Waals surface area (Å²) in [6, 6.07) is 0. The van der Waals surface area contributed by atoms with Crippen molar-refractivity contribution in [3.8, 4) is 0 Å². The molecule has 0 bridgehead atoms. The Bertz CT molecular complexity index is 95.4. The Balaban J connectivity index is 2.40. The van der Waals surface area contributed by atoms with Crippen LogP contribution >= 0.6 is 0 Å². The highest BCUT2D eigenvalue weighted by Gasteiger charge is 2.29. The summed E-state index contributed by atoms with van der Waals surface area (Å²) in [6.07, 6.45) is 5.67. The monoisotopic (exact) mass is 156 g/mol. The molecule has 1 nitrogen and oxygen atoms in total. The molecule has 0 atom stereocenters. The van der Waals surface area contributed by atoms with Gasteiger partial charge in [0.2, 0.25) is 0 Å². The zero-order chi connectivity index (χ0) is 8.16. The first-order valence-electron chi connectivity index (χ1n) is 5.18. The Morgan fingerprint density at radius 3 is 1.73 bits per heavy atom. The summed E-state index contributed by atoms with van der Waals surface area (Å²) in [5.74, 6) is 0. The Morgan fingerprint density at radius 2 is 1.36 bits per heavy atom. The molecule has 1 aliphatic rings. The van der Waals surface area contributed by atoms with Gasteiger partial charge in [0.1, 0.15) is 0 Å². The first kappa shape index (κ1) is 9.05. The maximum Gasteiger partial charge on any atom is 0.0788 e. The Labute approximate surface area is 71.0 Å². The van der Waals surface area contributed by atoms with Gasteiger partial charge in [-0.1, -0.05) is 13.8 Å². The predicted octanol–water partition coefficient (Wildman–Crippen LogP) is 2.42. The summed E-state index contributed by atoms with van der Waals surface area (Å²) < 4.78 is 1.44. The average Bonchev–Trinajstić information content (AvgIpc) is 2.39. The van der Waals surface area contributed by atoms with Crippen LogP contribution in [0.15, 0.2) is 0 Å². The lowest BCUT2D eigenvalue weighted by Crippen LogP contribution is -2.46. The second-order valence-electron chi connectivity index (χ2n) is 3.94. The van der Waals surface area contributed by atoms with E-state index in [2.05, 4.69) is 13.8 Å². The maximum atomic E-state index is 2.31. The summed E-state index contributed by atoms with van der Waals surface area (Å²) in [7, 11) is 0. The van der Waals surface area contributed by atoms with Crippen LogP contribution in [0, 0.1) is 0 Å². The Hall–Kier alpha value is -0.0400. The van der Waals surface area contributed by atoms with Crippen LogP contribution < -0.4 is 0 Å². The molecule has 0 aromatic heterocycles. The van der Waals surface area contributed by atoms with Crippen molar-refractivity contribution in [1.29, 1.82) is 0 Å². The molecule has 0 spiro atoms. The van der Waals surface area contributed by atoms with Crippen LogP contribution in [0.3, 0.4) is 0 Å². The zero-order valence-electron chi connectivity index (χ0n) is 8.10. The number of rotatable bonds is 4. The quantitative estimate of drug-likeness (QED) is 0.548. The minimum Gasteiger partial charge on any atom is -0.324 e. The topological polar surface area (TPSA) is 0 Å². The second kappa shape index (κ2) is 4.10. The molecule has 1 fully saturated rings. The molecule has 0 amide bonds. The fourth-order valence-electron chi connectivity index (χ4n) is 2.51. The van der Waals surface area contributed by atoms with Crippen LogP contribution in [-0.4, -0.2) is 30.7 Å². The van der Waals surface area contributed by atoms with Crippen LogP contribution in [0.2, 0.25) is 0 Å². The summed E-state index contributed by atoms with van der Waals surface area (Å²) in [4.78, 5) is 0. The largest absolute Gasteiger partial charge is 0.324 e. The summed E-state index contributed by atoms with van der Waals surface area (Å²) in [6.45, 7) is 10.4. The normalized spacial score (nSPS) is 22.4. The molecule has 1 aliphatic heterocycles. The Morgan fingerprint density at radius 1 is 0.909 bits per heavy atom.